The van der Waals surface area contributed by atoms with Gasteiger partial charge in [0.2, 0.25) is 11.0 Å². The van der Waals surface area contributed by atoms with Gasteiger partial charge in [0.15, 0.2) is 11.0 Å². The third kappa shape index (κ3) is 4.87. The molecule has 0 radical (unpaired) electrons. The minimum absolute atomic E-state index is 0.106. The Bertz CT molecular complexity index is 1400. The minimum atomic E-state index is -0.326. The molecule has 0 bridgehead atoms. The lowest BCUT2D eigenvalue weighted by molar-refractivity contribution is -0.113. The van der Waals surface area contributed by atoms with Crippen LogP contribution in [0.3, 0.4) is 0 Å². The first-order valence-electron chi connectivity index (χ1n) is 10.3. The fourth-order valence-corrected chi connectivity index (χ4v) is 4.73. The molecule has 0 aliphatic carbocycles. The summed E-state index contributed by atoms with van der Waals surface area (Å²) < 4.78 is 15.3. The van der Waals surface area contributed by atoms with Gasteiger partial charge in [-0.2, -0.15) is 0 Å². The maximum absolute atomic E-state index is 13.4. The maximum Gasteiger partial charge on any atom is 0.236 e. The Morgan fingerprint density at radius 2 is 1.56 bits per heavy atom. The Morgan fingerprint density at radius 3 is 2.29 bits per heavy atom. The van der Waals surface area contributed by atoms with Gasteiger partial charge < -0.3 is 0 Å². The molecule has 0 atom stereocenters. The van der Waals surface area contributed by atoms with Crippen molar-refractivity contribution in [3.8, 4) is 27.6 Å². The minimum Gasteiger partial charge on any atom is -0.300 e. The summed E-state index contributed by atoms with van der Waals surface area (Å²) in [6.45, 7) is 0. The van der Waals surface area contributed by atoms with Crippen molar-refractivity contribution in [3.05, 3.63) is 90.7 Å². The molecule has 0 saturated carbocycles. The second-order valence-electron chi connectivity index (χ2n) is 7.10. The molecule has 1 amide bonds. The van der Waals surface area contributed by atoms with E-state index in [2.05, 4.69) is 25.7 Å². The highest BCUT2D eigenvalue weighted by Crippen LogP contribution is 2.29. The average molecular weight is 489 g/mol. The zero-order valence-corrected chi connectivity index (χ0v) is 19.3. The molecule has 0 spiro atoms. The molecule has 2 aromatic heterocycles. The predicted octanol–water partition coefficient (Wildman–Crippen LogP) is 5.32. The molecule has 2 heterocycles. The molecule has 3 aromatic carbocycles. The highest BCUT2D eigenvalue weighted by Gasteiger charge is 2.18. The van der Waals surface area contributed by atoms with Gasteiger partial charge in [-0.1, -0.05) is 71.6 Å². The average Bonchev–Trinajstić information content (AvgIpc) is 3.52. The lowest BCUT2D eigenvalue weighted by Crippen LogP contribution is -2.14. The second-order valence-corrected chi connectivity index (χ2v) is 9.02. The van der Waals surface area contributed by atoms with E-state index in [4.69, 9.17) is 0 Å². The number of benzene rings is 3. The highest BCUT2D eigenvalue weighted by molar-refractivity contribution is 7.99. The molecule has 0 aliphatic rings. The number of amides is 1. The first-order chi connectivity index (χ1) is 16.7. The van der Waals surface area contributed by atoms with Crippen LogP contribution in [0.15, 0.2) is 90.1 Å². The molecular formula is C24H17FN6OS2. The van der Waals surface area contributed by atoms with Gasteiger partial charge >= 0.3 is 0 Å². The third-order valence-corrected chi connectivity index (χ3v) is 6.59. The molecule has 5 aromatic rings. The van der Waals surface area contributed by atoms with Crippen molar-refractivity contribution < 1.29 is 9.18 Å². The van der Waals surface area contributed by atoms with Crippen molar-refractivity contribution in [3.63, 3.8) is 0 Å². The van der Waals surface area contributed by atoms with Crippen molar-refractivity contribution >= 4 is 34.1 Å². The van der Waals surface area contributed by atoms with Crippen molar-refractivity contribution in [2.24, 2.45) is 0 Å². The van der Waals surface area contributed by atoms with E-state index in [1.807, 2.05) is 65.2 Å². The summed E-state index contributed by atoms with van der Waals surface area (Å²) in [6.07, 6.45) is 0. The molecule has 7 nitrogen and oxygen atoms in total. The number of nitrogens with zero attached hydrogens (tertiary/aromatic N) is 5. The number of anilines is 1. The van der Waals surface area contributed by atoms with Crippen molar-refractivity contribution in [1.82, 2.24) is 25.0 Å². The monoisotopic (exact) mass is 488 g/mol. The normalized spacial score (nSPS) is 10.9. The van der Waals surface area contributed by atoms with Gasteiger partial charge in [0.05, 0.1) is 5.75 Å². The van der Waals surface area contributed by atoms with Gasteiger partial charge in [0, 0.05) is 16.8 Å². The van der Waals surface area contributed by atoms with Crippen LogP contribution in [0, 0.1) is 5.82 Å². The highest BCUT2D eigenvalue weighted by atomic mass is 32.2. The lowest BCUT2D eigenvalue weighted by atomic mass is 10.2. The van der Waals surface area contributed by atoms with Crippen LogP contribution in [0.25, 0.3) is 27.6 Å². The molecule has 1 N–H and O–H groups in total. The molecule has 34 heavy (non-hydrogen) atoms. The van der Waals surface area contributed by atoms with E-state index in [0.29, 0.717) is 16.1 Å². The molecule has 10 heteroatoms. The molecule has 168 valence electrons. The van der Waals surface area contributed by atoms with Gasteiger partial charge in [-0.25, -0.2) is 4.39 Å². The van der Waals surface area contributed by atoms with Crippen LogP contribution in [0.5, 0.6) is 0 Å². The number of carbonyl (C=O) groups is 1. The largest absolute Gasteiger partial charge is 0.300 e. The summed E-state index contributed by atoms with van der Waals surface area (Å²) >= 11 is 2.56. The fourth-order valence-electron chi connectivity index (χ4n) is 3.22. The van der Waals surface area contributed by atoms with E-state index in [-0.39, 0.29) is 17.5 Å². The Kier molecular flexibility index (Phi) is 6.41. The van der Waals surface area contributed by atoms with Crippen molar-refractivity contribution in [1.29, 1.82) is 0 Å². The Morgan fingerprint density at radius 1 is 0.853 bits per heavy atom. The van der Waals surface area contributed by atoms with Crippen LogP contribution in [0.1, 0.15) is 0 Å². The van der Waals surface area contributed by atoms with Gasteiger partial charge in [0.25, 0.3) is 0 Å². The van der Waals surface area contributed by atoms with E-state index < -0.39 is 0 Å². The Labute approximate surface area is 202 Å². The molecule has 0 saturated heterocycles. The molecule has 5 rings (SSSR count). The Hall–Kier alpha value is -3.89. The number of hydrogen-bond acceptors (Lipinski definition) is 7. The zero-order valence-electron chi connectivity index (χ0n) is 17.6. The van der Waals surface area contributed by atoms with Crippen LogP contribution >= 0.6 is 23.1 Å². The van der Waals surface area contributed by atoms with Gasteiger partial charge in [-0.05, 0) is 36.4 Å². The molecule has 0 aliphatic heterocycles. The summed E-state index contributed by atoms with van der Waals surface area (Å²) in [6, 6.07) is 25.3. The van der Waals surface area contributed by atoms with Gasteiger partial charge in [0.1, 0.15) is 10.8 Å². The van der Waals surface area contributed by atoms with Crippen LogP contribution in [-0.2, 0) is 4.79 Å². The van der Waals surface area contributed by atoms with Crippen molar-refractivity contribution in [2.45, 2.75) is 5.16 Å². The van der Waals surface area contributed by atoms with E-state index in [1.54, 1.807) is 12.1 Å². The number of aromatic nitrogens is 5. The number of rotatable bonds is 7. The van der Waals surface area contributed by atoms with Gasteiger partial charge in [-0.3, -0.25) is 14.7 Å². The summed E-state index contributed by atoms with van der Waals surface area (Å²) in [7, 11) is 0. The van der Waals surface area contributed by atoms with E-state index in [9.17, 15) is 9.18 Å². The summed E-state index contributed by atoms with van der Waals surface area (Å²) in [5, 5.41) is 21.3. The first kappa shape index (κ1) is 21.9. The summed E-state index contributed by atoms with van der Waals surface area (Å²) in [5.74, 6) is 0.111. The van der Waals surface area contributed by atoms with E-state index in [0.717, 1.165) is 21.8 Å². The van der Waals surface area contributed by atoms with E-state index in [1.165, 1.54) is 35.2 Å². The second kappa shape index (κ2) is 9.94. The quantitative estimate of drug-likeness (QED) is 0.312. The van der Waals surface area contributed by atoms with Crippen LogP contribution in [0.4, 0.5) is 9.52 Å². The van der Waals surface area contributed by atoms with Crippen molar-refractivity contribution in [2.75, 3.05) is 11.1 Å². The number of nitrogens with one attached hydrogen (secondary N) is 1. The topological polar surface area (TPSA) is 85.6 Å². The zero-order chi connectivity index (χ0) is 23.3. The first-order valence-corrected chi connectivity index (χ1v) is 12.1. The Balaban J connectivity index is 1.33. The third-order valence-electron chi connectivity index (χ3n) is 4.77. The number of hydrogen-bond donors (Lipinski definition) is 1. The molecule has 0 unspecified atom stereocenters. The maximum atomic E-state index is 13.4. The van der Waals surface area contributed by atoms with Crippen LogP contribution < -0.4 is 5.32 Å². The number of para-hydroxylation sites is 1. The summed E-state index contributed by atoms with van der Waals surface area (Å²) in [5.41, 5.74) is 2.50. The SMILES string of the molecule is O=C(CSc1nnc(-c2ccc(F)cc2)n1-c1ccccc1)Nc1nnc(-c2ccccc2)s1. The van der Waals surface area contributed by atoms with Gasteiger partial charge in [-0.15, -0.1) is 20.4 Å². The standard InChI is InChI=1S/C24H17FN6OS2/c25-18-13-11-16(12-14-18)21-27-30-24(31(21)19-9-5-2-6-10-19)33-15-20(32)26-23-29-28-22(34-23)17-7-3-1-4-8-17/h1-14H,15H2,(H,26,29,32). The smallest absolute Gasteiger partial charge is 0.236 e. The number of thioether (sulfide) groups is 1. The summed E-state index contributed by atoms with van der Waals surface area (Å²) in [4.78, 5) is 12.6. The van der Waals surface area contributed by atoms with Crippen LogP contribution in [-0.4, -0.2) is 36.6 Å². The molecule has 0 fully saturated rings. The fraction of sp³-hybridized carbons (Fsp3) is 0.0417. The predicted molar refractivity (Wildman–Crippen MR) is 131 cm³/mol. The number of halogens is 1. The number of carbonyl (C=O) groups excluding carboxylic acids is 1. The van der Waals surface area contributed by atoms with E-state index >= 15 is 0 Å². The van der Waals surface area contributed by atoms with Crippen LogP contribution in [0.2, 0.25) is 0 Å². The molecular weight excluding hydrogens is 471 g/mol. The lowest BCUT2D eigenvalue weighted by Gasteiger charge is -2.10.